The minimum Gasteiger partial charge on any atom is -0.486 e. The first-order valence-electron chi connectivity index (χ1n) is 37.3. The summed E-state index contributed by atoms with van der Waals surface area (Å²) in [5.41, 5.74) is 13.2. The number of nitrogens with zero attached hydrogens (tertiary/aromatic N) is 6. The Kier molecular flexibility index (Phi) is 20.2. The van der Waals surface area contributed by atoms with Gasteiger partial charge in [-0.15, -0.1) is 0 Å². The van der Waals surface area contributed by atoms with Gasteiger partial charge in [0.25, 0.3) is 23.6 Å². The number of anilines is 4. The molecule has 20 nitrogen and oxygen atoms in total. The summed E-state index contributed by atoms with van der Waals surface area (Å²) in [4.78, 5) is 98.6. The number of hydrogen-bond donors (Lipinski definition) is 6. The van der Waals surface area contributed by atoms with Crippen molar-refractivity contribution >= 4 is 136 Å². The second-order valence-electron chi connectivity index (χ2n) is 27.0. The molecule has 6 N–H and O–H groups in total. The maximum atomic E-state index is 15.2. The van der Waals surface area contributed by atoms with Gasteiger partial charge in [0.15, 0.2) is 23.0 Å². The third-order valence-corrected chi connectivity index (χ3v) is 19.8. The number of ether oxygens (including phenoxy) is 4. The zero-order chi connectivity index (χ0) is 79.2. The van der Waals surface area contributed by atoms with Gasteiger partial charge in [-0.2, -0.15) is 0 Å². The molecular formula is C96H70N12O8. The molecule has 2 aliphatic heterocycles. The molecule has 116 heavy (non-hydrogen) atoms. The Morgan fingerprint density at radius 1 is 0.293 bits per heavy atom. The number of amides is 4. The molecular weight excluding hydrogens is 1450 g/mol. The summed E-state index contributed by atoms with van der Waals surface area (Å²) in [6, 6.07) is 66.8. The van der Waals surface area contributed by atoms with Crippen LogP contribution in [0, 0.1) is 0 Å². The average molecular weight is 1520 g/mol. The molecule has 0 fully saturated rings. The van der Waals surface area contributed by atoms with Crippen LogP contribution in [-0.4, -0.2) is 89.9 Å². The van der Waals surface area contributed by atoms with E-state index in [0.29, 0.717) is 134 Å². The lowest BCUT2D eigenvalue weighted by atomic mass is 10.0. The quantitative estimate of drug-likeness (QED) is 0.0308. The van der Waals surface area contributed by atoms with E-state index in [2.05, 4.69) is 77.5 Å². The first-order valence-corrected chi connectivity index (χ1v) is 37.3. The number of hydrogen-bond acceptors (Lipinski definition) is 14. The topological polar surface area (TPSA) is 262 Å². The Balaban J connectivity index is 0.922. The van der Waals surface area contributed by atoms with Crippen molar-refractivity contribution in [1.82, 2.24) is 39.9 Å². The molecule has 0 atom stereocenters. The van der Waals surface area contributed by atoms with Crippen LogP contribution in [0.5, 0.6) is 23.0 Å². The SMILES string of the molecule is C=CCOc1c(C(=O)Nc2ccccc2-c2c3nc(c(-c4ccccc4NC(=O)c4ccc5cccnc5c4OCC=C)c4ccc([nH]4)c(-c4ccccc4NC(=O)c4ccc5cccnc5c4OCC=C)c4nc(c(-c5ccccc5NC(=O)c5ccc6cccnc6c5OCC=C)c5ccc2[nH]5)C=C4)C=C3)ccc2cccnc12. The molecule has 562 valence electrons. The van der Waals surface area contributed by atoms with Gasteiger partial charge in [-0.1, -0.05) is 172 Å². The molecule has 7 aromatic heterocycles. The van der Waals surface area contributed by atoms with Gasteiger partial charge in [-0.3, -0.25) is 39.1 Å². The van der Waals surface area contributed by atoms with Crippen molar-refractivity contribution < 1.29 is 38.1 Å². The number of carbonyl (C=O) groups is 4. The molecule has 9 heterocycles. The van der Waals surface area contributed by atoms with Crippen LogP contribution in [0.1, 0.15) is 64.2 Å². The normalized spacial score (nSPS) is 11.4. The first-order chi connectivity index (χ1) is 57.0. The van der Waals surface area contributed by atoms with Gasteiger partial charge in [0.1, 0.15) is 48.5 Å². The second-order valence-corrected chi connectivity index (χ2v) is 27.0. The molecule has 0 saturated heterocycles. The van der Waals surface area contributed by atoms with Gasteiger partial charge in [0.2, 0.25) is 0 Å². The number of aromatic amines is 2. The monoisotopic (exact) mass is 1520 g/mol. The Bertz CT molecular complexity index is 6040. The van der Waals surface area contributed by atoms with E-state index in [0.717, 1.165) is 21.5 Å². The van der Waals surface area contributed by atoms with E-state index in [1.54, 1.807) is 73.4 Å². The molecule has 17 rings (SSSR count). The predicted molar refractivity (Wildman–Crippen MR) is 462 cm³/mol. The number of nitrogens with one attached hydrogen (secondary N) is 6. The molecule has 8 aromatic carbocycles. The van der Waals surface area contributed by atoms with Gasteiger partial charge < -0.3 is 50.2 Å². The summed E-state index contributed by atoms with van der Waals surface area (Å²) < 4.78 is 25.1. The van der Waals surface area contributed by atoms with Crippen molar-refractivity contribution in [2.24, 2.45) is 0 Å². The molecule has 0 saturated carbocycles. The minimum atomic E-state index is -0.476. The second kappa shape index (κ2) is 32.2. The Morgan fingerprint density at radius 2 is 0.526 bits per heavy atom. The van der Waals surface area contributed by atoms with Crippen LogP contribution in [0.2, 0.25) is 0 Å². The van der Waals surface area contributed by atoms with E-state index in [1.807, 2.05) is 218 Å². The van der Waals surface area contributed by atoms with Crippen LogP contribution in [-0.2, 0) is 0 Å². The van der Waals surface area contributed by atoms with Crippen LogP contribution in [0.25, 0.3) is 134 Å². The van der Waals surface area contributed by atoms with E-state index in [1.165, 1.54) is 0 Å². The van der Waals surface area contributed by atoms with E-state index < -0.39 is 23.6 Å². The van der Waals surface area contributed by atoms with Crippen molar-refractivity contribution in [3.05, 3.63) is 339 Å². The molecule has 20 heteroatoms. The van der Waals surface area contributed by atoms with E-state index in [-0.39, 0.29) is 71.7 Å². The standard InChI is InChI=1S/C96H70N12O8/c1-5-53-113-89-65(37-33-57-21-17-49-97-85(57)89)93(109)105-69-29-13-9-25-61(69)81-73-41-43-75(101-73)82(62-26-10-14-30-70(62)106-94(110)66-38-34-58-22-18-50-98-86(58)90(66)114-54-6-2)77-45-47-79(103-77)84(64-28-12-16-32-72(64)108-96(112)68-40-36-60-24-20-52-100-88(60)92(68)116-56-8-4)80-48-46-78(104-80)83(76-44-42-74(81)102-76)63-27-11-15-31-71(63)107-95(111)67-39-35-59-23-19-51-99-87(59)91(67)115-55-7-3/h5-52,101,104H,1-4,53-56H2,(H,105,109)(H,106,110)(H,107,111)(H,108,112). The lowest BCUT2D eigenvalue weighted by Crippen LogP contribution is -2.15. The smallest absolute Gasteiger partial charge is 0.259 e. The highest BCUT2D eigenvalue weighted by molar-refractivity contribution is 6.16. The highest BCUT2D eigenvalue weighted by Gasteiger charge is 2.28. The molecule has 0 aliphatic carbocycles. The molecule has 0 spiro atoms. The number of rotatable bonds is 24. The third-order valence-electron chi connectivity index (χ3n) is 19.8. The lowest BCUT2D eigenvalue weighted by molar-refractivity contribution is 0.101. The Hall–Kier alpha value is -16.0. The number of fused-ring (bicyclic) bond motifs is 12. The van der Waals surface area contributed by atoms with E-state index in [9.17, 15) is 0 Å². The summed E-state index contributed by atoms with van der Waals surface area (Å²) in [5.74, 6) is -0.761. The number of pyridine rings is 4. The zero-order valence-electron chi connectivity index (χ0n) is 62.3. The summed E-state index contributed by atoms with van der Waals surface area (Å²) in [6.45, 7) is 16.0. The van der Waals surface area contributed by atoms with Crippen molar-refractivity contribution in [1.29, 1.82) is 0 Å². The van der Waals surface area contributed by atoms with E-state index >= 15 is 19.2 Å². The fraction of sp³-hybridized carbons (Fsp3) is 0.0417. The highest BCUT2D eigenvalue weighted by Crippen LogP contribution is 2.45. The van der Waals surface area contributed by atoms with Crippen LogP contribution >= 0.6 is 0 Å². The van der Waals surface area contributed by atoms with Crippen molar-refractivity contribution in [3.8, 4) is 67.5 Å². The summed E-state index contributed by atoms with van der Waals surface area (Å²) in [6.07, 6.45) is 20.7. The predicted octanol–water partition coefficient (Wildman–Crippen LogP) is 20.8. The van der Waals surface area contributed by atoms with Crippen molar-refractivity contribution in [2.75, 3.05) is 47.7 Å². The van der Waals surface area contributed by atoms with Gasteiger partial charge in [0.05, 0.1) is 45.0 Å². The van der Waals surface area contributed by atoms with Gasteiger partial charge in [-0.25, -0.2) is 9.97 Å². The van der Waals surface area contributed by atoms with Gasteiger partial charge in [0, 0.05) is 136 Å². The van der Waals surface area contributed by atoms with Crippen molar-refractivity contribution in [2.45, 2.75) is 0 Å². The van der Waals surface area contributed by atoms with Crippen LogP contribution in [0.4, 0.5) is 22.7 Å². The van der Waals surface area contributed by atoms with Crippen molar-refractivity contribution in [3.63, 3.8) is 0 Å². The molecule has 2 aliphatic rings. The summed E-state index contributed by atoms with van der Waals surface area (Å²) >= 11 is 0. The van der Waals surface area contributed by atoms with Gasteiger partial charge >= 0.3 is 0 Å². The lowest BCUT2D eigenvalue weighted by Gasteiger charge is -2.16. The number of aromatic nitrogens is 8. The molecule has 8 bridgehead atoms. The maximum absolute atomic E-state index is 15.2. The third kappa shape index (κ3) is 14.1. The molecule has 0 radical (unpaired) electrons. The largest absolute Gasteiger partial charge is 0.486 e. The van der Waals surface area contributed by atoms with Gasteiger partial charge in [-0.05, 0) is 121 Å². The number of para-hydroxylation sites is 4. The number of H-pyrrole nitrogens is 2. The molecule has 0 unspecified atom stereocenters. The van der Waals surface area contributed by atoms with E-state index in [4.69, 9.17) is 28.9 Å². The Labute approximate surface area is 664 Å². The molecule has 4 amide bonds. The number of carbonyl (C=O) groups excluding carboxylic acids is 4. The van der Waals surface area contributed by atoms with Crippen LogP contribution in [0.15, 0.2) is 294 Å². The minimum absolute atomic E-state index is 0.108. The van der Waals surface area contributed by atoms with Crippen LogP contribution in [0.3, 0.4) is 0 Å². The summed E-state index contributed by atoms with van der Waals surface area (Å²) in [5, 5.41) is 16.2. The first kappa shape index (κ1) is 72.9. The highest BCUT2D eigenvalue weighted by atomic mass is 16.5. The number of benzene rings is 8. The Morgan fingerprint density at radius 3 is 0.759 bits per heavy atom. The fourth-order valence-electron chi connectivity index (χ4n) is 14.7. The molecule has 15 aromatic rings. The van der Waals surface area contributed by atoms with Crippen LogP contribution < -0.4 is 40.2 Å². The average Bonchev–Trinajstić information content (AvgIpc) is 1.61. The fourth-order valence-corrected chi connectivity index (χ4v) is 14.7. The zero-order valence-corrected chi connectivity index (χ0v) is 62.3. The maximum Gasteiger partial charge on any atom is 0.259 e. The summed E-state index contributed by atoms with van der Waals surface area (Å²) in [7, 11) is 0.